The number of hydrogen-bond donors (Lipinski definition) is 1. The number of piperazine rings is 1. The van der Waals surface area contributed by atoms with E-state index in [2.05, 4.69) is 22.5 Å². The minimum absolute atomic E-state index is 0.0636. The van der Waals surface area contributed by atoms with E-state index in [0.29, 0.717) is 38.4 Å². The van der Waals surface area contributed by atoms with Gasteiger partial charge in [-0.25, -0.2) is 13.9 Å². The van der Waals surface area contributed by atoms with Crippen LogP contribution in [0.1, 0.15) is 5.56 Å². The van der Waals surface area contributed by atoms with Gasteiger partial charge >= 0.3 is 6.03 Å². The number of amides is 2. The quantitative estimate of drug-likeness (QED) is 0.725. The van der Waals surface area contributed by atoms with Gasteiger partial charge in [-0.3, -0.25) is 0 Å². The first kappa shape index (κ1) is 19.0. The molecule has 1 fully saturated rings. The molecule has 0 atom stereocenters. The number of para-hydroxylation sites is 1. The van der Waals surface area contributed by atoms with E-state index < -0.39 is 0 Å². The number of urea groups is 1. The lowest BCUT2D eigenvalue weighted by Crippen LogP contribution is -2.52. The third-order valence-corrected chi connectivity index (χ3v) is 5.16. The van der Waals surface area contributed by atoms with Gasteiger partial charge in [-0.05, 0) is 42.3 Å². The molecule has 3 aromatic rings. The van der Waals surface area contributed by atoms with Crippen molar-refractivity contribution in [3.63, 3.8) is 0 Å². The molecule has 1 aliphatic heterocycles. The molecule has 1 N–H and O–H groups in total. The van der Waals surface area contributed by atoms with Gasteiger partial charge in [0, 0.05) is 45.1 Å². The lowest BCUT2D eigenvalue weighted by atomic mass is 10.1. The molecule has 1 aliphatic rings. The average Bonchev–Trinajstić information content (AvgIpc) is 3.30. The zero-order valence-corrected chi connectivity index (χ0v) is 16.2. The Morgan fingerprint density at radius 2 is 1.76 bits per heavy atom. The third-order valence-electron chi connectivity index (χ3n) is 5.16. The fourth-order valence-electron chi connectivity index (χ4n) is 3.52. The Morgan fingerprint density at radius 3 is 2.45 bits per heavy atom. The molecule has 2 aromatic carbocycles. The lowest BCUT2D eigenvalue weighted by Gasteiger charge is -2.36. The maximum atomic E-state index is 13.9. The van der Waals surface area contributed by atoms with Crippen LogP contribution in [0.2, 0.25) is 0 Å². The van der Waals surface area contributed by atoms with Crippen molar-refractivity contribution < 1.29 is 9.18 Å². The number of anilines is 1. The van der Waals surface area contributed by atoms with Gasteiger partial charge in [-0.1, -0.05) is 24.3 Å². The number of carbonyl (C=O) groups is 1. The van der Waals surface area contributed by atoms with Crippen molar-refractivity contribution in [3.05, 3.63) is 78.4 Å². The molecule has 7 heteroatoms. The topological polar surface area (TPSA) is 53.4 Å². The molecule has 150 valence electrons. The Morgan fingerprint density at radius 1 is 1.00 bits per heavy atom. The predicted molar refractivity (Wildman–Crippen MR) is 111 cm³/mol. The highest BCUT2D eigenvalue weighted by molar-refractivity contribution is 5.74. The minimum atomic E-state index is -0.219. The lowest BCUT2D eigenvalue weighted by molar-refractivity contribution is 0.194. The minimum Gasteiger partial charge on any atom is -0.366 e. The van der Waals surface area contributed by atoms with Crippen LogP contribution in [0, 0.1) is 5.82 Å². The first-order valence-electron chi connectivity index (χ1n) is 9.82. The summed E-state index contributed by atoms with van der Waals surface area (Å²) in [7, 11) is 0. The van der Waals surface area contributed by atoms with Crippen LogP contribution in [0.15, 0.2) is 67.0 Å². The van der Waals surface area contributed by atoms with Crippen molar-refractivity contribution >= 4 is 11.7 Å². The Balaban J connectivity index is 1.22. The van der Waals surface area contributed by atoms with Crippen LogP contribution in [-0.4, -0.2) is 53.4 Å². The van der Waals surface area contributed by atoms with Gasteiger partial charge in [0.25, 0.3) is 0 Å². The second-order valence-electron chi connectivity index (χ2n) is 7.02. The first-order valence-corrected chi connectivity index (χ1v) is 9.82. The molecule has 0 spiro atoms. The van der Waals surface area contributed by atoms with Crippen molar-refractivity contribution in [2.45, 2.75) is 6.42 Å². The predicted octanol–water partition coefficient (Wildman–Crippen LogP) is 3.09. The highest BCUT2D eigenvalue weighted by atomic mass is 19.1. The Kier molecular flexibility index (Phi) is 5.74. The molecule has 1 aromatic heterocycles. The maximum Gasteiger partial charge on any atom is 0.317 e. The van der Waals surface area contributed by atoms with E-state index in [-0.39, 0.29) is 11.8 Å². The summed E-state index contributed by atoms with van der Waals surface area (Å²) in [5.41, 5.74) is 2.77. The van der Waals surface area contributed by atoms with Crippen LogP contribution in [0.3, 0.4) is 0 Å². The number of aromatic nitrogens is 2. The zero-order chi connectivity index (χ0) is 20.1. The molecular formula is C22H24FN5O. The summed E-state index contributed by atoms with van der Waals surface area (Å²) < 4.78 is 15.7. The molecule has 0 bridgehead atoms. The summed E-state index contributed by atoms with van der Waals surface area (Å²) >= 11 is 0. The third kappa shape index (κ3) is 4.56. The van der Waals surface area contributed by atoms with Crippen molar-refractivity contribution in [2.24, 2.45) is 0 Å². The molecule has 2 heterocycles. The summed E-state index contributed by atoms with van der Waals surface area (Å²) in [6.07, 6.45) is 4.42. The number of nitrogens with one attached hydrogen (secondary N) is 1. The summed E-state index contributed by atoms with van der Waals surface area (Å²) in [4.78, 5) is 16.2. The molecule has 29 heavy (non-hydrogen) atoms. The smallest absolute Gasteiger partial charge is 0.317 e. The van der Waals surface area contributed by atoms with Crippen LogP contribution in [-0.2, 0) is 6.42 Å². The Labute approximate surface area is 169 Å². The number of hydrogen-bond acceptors (Lipinski definition) is 3. The highest BCUT2D eigenvalue weighted by Crippen LogP contribution is 2.20. The molecule has 6 nitrogen and oxygen atoms in total. The molecule has 0 radical (unpaired) electrons. The molecule has 0 unspecified atom stereocenters. The fourth-order valence-corrected chi connectivity index (χ4v) is 3.52. The van der Waals surface area contributed by atoms with E-state index in [1.54, 1.807) is 23.2 Å². The van der Waals surface area contributed by atoms with Crippen molar-refractivity contribution in [2.75, 3.05) is 37.6 Å². The zero-order valence-electron chi connectivity index (χ0n) is 16.2. The number of halogens is 1. The monoisotopic (exact) mass is 393 g/mol. The van der Waals surface area contributed by atoms with Crippen LogP contribution < -0.4 is 10.2 Å². The molecule has 2 amide bonds. The van der Waals surface area contributed by atoms with Gasteiger partial charge in [0.05, 0.1) is 11.4 Å². The molecule has 0 saturated carbocycles. The molecular weight excluding hydrogens is 369 g/mol. The first-order chi connectivity index (χ1) is 14.2. The summed E-state index contributed by atoms with van der Waals surface area (Å²) in [5, 5.41) is 7.20. The van der Waals surface area contributed by atoms with E-state index in [0.717, 1.165) is 17.7 Å². The maximum absolute atomic E-state index is 13.9. The summed E-state index contributed by atoms with van der Waals surface area (Å²) in [6, 6.07) is 16.7. The van der Waals surface area contributed by atoms with Crippen LogP contribution in [0.25, 0.3) is 5.69 Å². The van der Waals surface area contributed by atoms with E-state index in [1.165, 1.54) is 6.07 Å². The average molecular weight is 393 g/mol. The second-order valence-corrected chi connectivity index (χ2v) is 7.02. The molecule has 4 rings (SSSR count). The largest absolute Gasteiger partial charge is 0.366 e. The van der Waals surface area contributed by atoms with Gasteiger partial charge in [-0.2, -0.15) is 5.10 Å². The van der Waals surface area contributed by atoms with Crippen LogP contribution in [0.5, 0.6) is 0 Å². The summed E-state index contributed by atoms with van der Waals surface area (Å²) in [6.45, 7) is 3.00. The Hall–Kier alpha value is -3.35. The van der Waals surface area contributed by atoms with Gasteiger partial charge in [0.15, 0.2) is 0 Å². The van der Waals surface area contributed by atoms with Gasteiger partial charge in [0.2, 0.25) is 0 Å². The summed E-state index contributed by atoms with van der Waals surface area (Å²) in [5.74, 6) is -0.219. The van der Waals surface area contributed by atoms with Gasteiger partial charge in [0.1, 0.15) is 5.82 Å². The van der Waals surface area contributed by atoms with Crippen molar-refractivity contribution in [3.8, 4) is 5.69 Å². The SMILES string of the molecule is O=C(NCCc1ccc(-n2cccn2)cc1)N1CCN(c2ccccc2F)CC1. The van der Waals surface area contributed by atoms with Crippen molar-refractivity contribution in [1.29, 1.82) is 0 Å². The molecule has 1 saturated heterocycles. The standard InChI is InChI=1S/C22H24FN5O/c23-20-4-1-2-5-21(20)26-14-16-27(17-15-26)22(29)24-12-10-18-6-8-19(9-7-18)28-13-3-11-25-28/h1-9,11,13H,10,12,14-17H2,(H,24,29). The van der Waals surface area contributed by atoms with E-state index in [9.17, 15) is 9.18 Å². The van der Waals surface area contributed by atoms with Crippen LogP contribution in [0.4, 0.5) is 14.9 Å². The Bertz CT molecular complexity index is 934. The van der Waals surface area contributed by atoms with Crippen LogP contribution >= 0.6 is 0 Å². The molecule has 0 aliphatic carbocycles. The number of benzene rings is 2. The van der Waals surface area contributed by atoms with E-state index in [4.69, 9.17) is 0 Å². The number of rotatable bonds is 5. The van der Waals surface area contributed by atoms with Gasteiger partial charge in [-0.15, -0.1) is 0 Å². The van der Waals surface area contributed by atoms with E-state index in [1.807, 2.05) is 40.0 Å². The van der Waals surface area contributed by atoms with Crippen molar-refractivity contribution in [1.82, 2.24) is 20.0 Å². The number of nitrogens with zero attached hydrogens (tertiary/aromatic N) is 4. The second kappa shape index (κ2) is 8.77. The highest BCUT2D eigenvalue weighted by Gasteiger charge is 2.22. The fraction of sp³-hybridized carbons (Fsp3) is 0.273. The number of carbonyl (C=O) groups excluding carboxylic acids is 1. The van der Waals surface area contributed by atoms with E-state index >= 15 is 0 Å². The van der Waals surface area contributed by atoms with Gasteiger partial charge < -0.3 is 15.1 Å². The normalized spacial score (nSPS) is 14.1.